The van der Waals surface area contributed by atoms with Crippen molar-refractivity contribution in [2.45, 2.75) is 82.3 Å². The van der Waals surface area contributed by atoms with Crippen LogP contribution >= 0.6 is 0 Å². The lowest BCUT2D eigenvalue weighted by Gasteiger charge is -2.59. The second-order valence-corrected chi connectivity index (χ2v) is 9.70. The van der Waals surface area contributed by atoms with Crippen LogP contribution in [0.1, 0.15) is 64.2 Å². The Balaban J connectivity index is 1.50. The Bertz CT molecular complexity index is 431. The van der Waals surface area contributed by atoms with Gasteiger partial charge in [-0.25, -0.2) is 0 Å². The quantitative estimate of drug-likeness (QED) is 0.571. The van der Waals surface area contributed by atoms with Crippen LogP contribution in [0.3, 0.4) is 0 Å². The van der Waals surface area contributed by atoms with Crippen molar-refractivity contribution >= 4 is 0 Å². The van der Waals surface area contributed by atoms with Crippen molar-refractivity contribution in [2.24, 2.45) is 17.3 Å². The Morgan fingerprint density at radius 1 is 0.826 bits per heavy atom. The summed E-state index contributed by atoms with van der Waals surface area (Å²) in [6.45, 7) is 5.85. The zero-order valence-electron chi connectivity index (χ0n) is 14.9. The predicted octanol–water partition coefficient (Wildman–Crippen LogP) is -0.708. The first kappa shape index (κ1) is 15.2. The number of rotatable bonds is 1. The van der Waals surface area contributed by atoms with E-state index in [1.54, 1.807) is 25.7 Å². The molecule has 1 unspecified atom stereocenters. The number of nitrogens with two attached hydrogens (primary N) is 2. The van der Waals surface area contributed by atoms with Gasteiger partial charge in [0.25, 0.3) is 0 Å². The Morgan fingerprint density at radius 3 is 2.65 bits per heavy atom. The van der Waals surface area contributed by atoms with Crippen molar-refractivity contribution in [3.05, 3.63) is 0 Å². The van der Waals surface area contributed by atoms with E-state index in [4.69, 9.17) is 0 Å². The van der Waals surface area contributed by atoms with E-state index >= 15 is 0 Å². The van der Waals surface area contributed by atoms with Gasteiger partial charge in [-0.3, -0.25) is 0 Å². The van der Waals surface area contributed by atoms with Gasteiger partial charge in [0.1, 0.15) is 17.5 Å². The third-order valence-corrected chi connectivity index (χ3v) is 8.69. The van der Waals surface area contributed by atoms with E-state index in [0.717, 1.165) is 30.0 Å². The SMILES string of the molecule is C1CC[C@H]([C@]23C[C@H](C[C@H]4CCC[NH2+][C@H]42)[C@H]2CCCC[NH+]2C3)[NH2+]C1. The minimum Gasteiger partial charge on any atom is -0.343 e. The predicted molar refractivity (Wildman–Crippen MR) is 91.2 cm³/mol. The van der Waals surface area contributed by atoms with Crippen molar-refractivity contribution < 1.29 is 15.5 Å². The lowest BCUT2D eigenvalue weighted by atomic mass is 9.52. The Morgan fingerprint density at radius 2 is 1.74 bits per heavy atom. The molecule has 1 saturated carbocycles. The average molecular weight is 321 g/mol. The van der Waals surface area contributed by atoms with Gasteiger partial charge in [0, 0.05) is 18.3 Å². The third kappa shape index (κ3) is 2.41. The molecule has 3 heteroatoms. The minimum absolute atomic E-state index is 0.678. The summed E-state index contributed by atoms with van der Waals surface area (Å²) in [4.78, 5) is 2.05. The molecule has 0 aromatic rings. The zero-order valence-corrected chi connectivity index (χ0v) is 14.9. The van der Waals surface area contributed by atoms with Gasteiger partial charge >= 0.3 is 0 Å². The van der Waals surface area contributed by atoms with Crippen LogP contribution in [-0.4, -0.2) is 44.3 Å². The van der Waals surface area contributed by atoms with E-state index in [-0.39, 0.29) is 0 Å². The molecule has 0 aromatic heterocycles. The summed E-state index contributed by atoms with van der Waals surface area (Å²) < 4.78 is 0. The molecule has 5 rings (SSSR count). The molecule has 0 spiro atoms. The normalized spacial score (nSPS) is 53.2. The van der Waals surface area contributed by atoms with Gasteiger partial charge < -0.3 is 15.5 Å². The van der Waals surface area contributed by atoms with E-state index < -0.39 is 0 Å². The number of hydrogen-bond donors (Lipinski definition) is 3. The molecule has 130 valence electrons. The standard InChI is InChI=1S/C20H35N3/c1-3-9-21-18(8-1)20-13-16(12-15-6-5-10-22-19(15)20)17-7-2-4-11-23(17)14-20/h15-19,21-22H,1-14H2/p+3/t15-,16+,17-,18-,19-,20-/m1/s1. The smallest absolute Gasteiger partial charge is 0.123 e. The van der Waals surface area contributed by atoms with E-state index in [1.165, 1.54) is 64.7 Å². The maximum Gasteiger partial charge on any atom is 0.123 e. The van der Waals surface area contributed by atoms with Crippen molar-refractivity contribution in [1.82, 2.24) is 0 Å². The first-order valence-electron chi connectivity index (χ1n) is 10.9. The molecule has 0 aromatic carbocycles. The number of hydrogen-bond acceptors (Lipinski definition) is 0. The molecule has 0 radical (unpaired) electrons. The summed E-state index contributed by atoms with van der Waals surface area (Å²) >= 11 is 0. The van der Waals surface area contributed by atoms with Gasteiger partial charge in [0.15, 0.2) is 0 Å². The van der Waals surface area contributed by atoms with Gasteiger partial charge in [-0.1, -0.05) is 0 Å². The van der Waals surface area contributed by atoms with Crippen LogP contribution in [-0.2, 0) is 0 Å². The number of piperidine rings is 4. The van der Waals surface area contributed by atoms with E-state index in [2.05, 4.69) is 10.6 Å². The van der Waals surface area contributed by atoms with E-state index in [9.17, 15) is 0 Å². The number of fused-ring (bicyclic) bond motifs is 6. The zero-order chi connectivity index (χ0) is 15.3. The molecule has 1 aliphatic carbocycles. The fourth-order valence-electron chi connectivity index (χ4n) is 7.93. The highest BCUT2D eigenvalue weighted by Gasteiger charge is 2.64. The summed E-state index contributed by atoms with van der Waals surface area (Å²) in [6, 6.07) is 2.97. The minimum atomic E-state index is 0.678. The molecule has 7 atom stereocenters. The summed E-state index contributed by atoms with van der Waals surface area (Å²) in [5.74, 6) is 2.13. The van der Waals surface area contributed by atoms with Crippen molar-refractivity contribution in [3.8, 4) is 0 Å². The second-order valence-electron chi connectivity index (χ2n) is 9.70. The van der Waals surface area contributed by atoms with Crippen molar-refractivity contribution in [3.63, 3.8) is 0 Å². The Kier molecular flexibility index (Phi) is 3.95. The van der Waals surface area contributed by atoms with Crippen molar-refractivity contribution in [2.75, 3.05) is 26.2 Å². The van der Waals surface area contributed by atoms with E-state index in [1.807, 2.05) is 4.90 Å². The molecule has 4 aliphatic heterocycles. The van der Waals surface area contributed by atoms with Gasteiger partial charge in [-0.2, -0.15) is 0 Å². The first-order valence-corrected chi connectivity index (χ1v) is 10.9. The number of quaternary nitrogens is 3. The van der Waals surface area contributed by atoms with Crippen LogP contribution in [0.5, 0.6) is 0 Å². The van der Waals surface area contributed by atoms with Crippen molar-refractivity contribution in [1.29, 1.82) is 0 Å². The second kappa shape index (κ2) is 6.00. The molecule has 0 amide bonds. The molecule has 4 saturated heterocycles. The van der Waals surface area contributed by atoms with Crippen LogP contribution < -0.4 is 15.5 Å². The molecule has 5 N–H and O–H groups in total. The first-order chi connectivity index (χ1) is 11.4. The van der Waals surface area contributed by atoms with Gasteiger partial charge in [-0.05, 0) is 57.8 Å². The highest BCUT2D eigenvalue weighted by Crippen LogP contribution is 2.49. The molecule has 3 nitrogen and oxygen atoms in total. The molecule has 4 heterocycles. The largest absolute Gasteiger partial charge is 0.343 e. The maximum absolute atomic E-state index is 2.83. The van der Waals surface area contributed by atoms with Gasteiger partial charge in [0.05, 0.1) is 32.2 Å². The molecule has 5 aliphatic rings. The summed E-state index contributed by atoms with van der Waals surface area (Å²) in [6.07, 6.45) is 15.3. The molecular formula is C20H38N3+3. The fraction of sp³-hybridized carbons (Fsp3) is 1.00. The average Bonchev–Trinajstić information content (AvgIpc) is 2.63. The Hall–Kier alpha value is -0.120. The Labute approximate surface area is 142 Å². The monoisotopic (exact) mass is 320 g/mol. The third-order valence-electron chi connectivity index (χ3n) is 8.69. The highest BCUT2D eigenvalue weighted by atomic mass is 15.2. The van der Waals surface area contributed by atoms with Gasteiger partial charge in [-0.15, -0.1) is 0 Å². The van der Waals surface area contributed by atoms with Crippen LogP contribution in [0.4, 0.5) is 0 Å². The summed E-state index contributed by atoms with van der Waals surface area (Å²) in [5, 5.41) is 5.63. The van der Waals surface area contributed by atoms with Gasteiger partial charge in [0.2, 0.25) is 0 Å². The van der Waals surface area contributed by atoms with Crippen LogP contribution in [0.25, 0.3) is 0 Å². The maximum atomic E-state index is 2.83. The van der Waals surface area contributed by atoms with Crippen LogP contribution in [0.15, 0.2) is 0 Å². The summed E-state index contributed by atoms with van der Waals surface area (Å²) in [5.41, 5.74) is 0.678. The van der Waals surface area contributed by atoms with E-state index in [0.29, 0.717) is 5.41 Å². The fourth-order valence-corrected chi connectivity index (χ4v) is 7.93. The molecule has 23 heavy (non-hydrogen) atoms. The lowest BCUT2D eigenvalue weighted by Crippen LogP contribution is -3.22. The lowest BCUT2D eigenvalue weighted by molar-refractivity contribution is -0.958. The molecule has 2 bridgehead atoms. The highest BCUT2D eigenvalue weighted by molar-refractivity contribution is 5.04. The van der Waals surface area contributed by atoms with Crippen LogP contribution in [0, 0.1) is 17.3 Å². The topological polar surface area (TPSA) is 37.7 Å². The van der Waals surface area contributed by atoms with Crippen LogP contribution in [0.2, 0.25) is 0 Å². The molecule has 5 fully saturated rings. The molecular weight excluding hydrogens is 282 g/mol. The summed E-state index contributed by atoms with van der Waals surface area (Å²) in [7, 11) is 0. The number of nitrogens with one attached hydrogen (secondary N) is 1.